The van der Waals surface area contributed by atoms with Gasteiger partial charge in [0.25, 0.3) is 0 Å². The fourth-order valence-electron chi connectivity index (χ4n) is 4.40. The molecule has 0 spiro atoms. The standard InChI is InChI=1S/C20H14O3/c21-17-16-12-7-6-10-3-1-2-9-4-5-11(15(12)14(9)10)8-13(16)19-20(23-19)18(17)22/h1-8,17-22H/t17?,18-,19?,20-/m0/s1. The van der Waals surface area contributed by atoms with Gasteiger partial charge < -0.3 is 14.9 Å². The first-order valence-electron chi connectivity index (χ1n) is 7.96. The molecule has 1 fully saturated rings. The van der Waals surface area contributed by atoms with Crippen LogP contribution in [0.3, 0.4) is 0 Å². The molecule has 3 heteroatoms. The molecule has 0 amide bonds. The van der Waals surface area contributed by atoms with E-state index in [4.69, 9.17) is 4.74 Å². The normalized spacial score (nSPS) is 29.1. The molecule has 2 aliphatic rings. The second kappa shape index (κ2) is 3.82. The quantitative estimate of drug-likeness (QED) is 0.386. The first-order valence-corrected chi connectivity index (χ1v) is 7.96. The molecule has 1 aliphatic heterocycles. The summed E-state index contributed by atoms with van der Waals surface area (Å²) in [6, 6.07) is 16.9. The number of hydrogen-bond donors (Lipinski definition) is 2. The number of benzene rings is 4. The van der Waals surface area contributed by atoms with Crippen LogP contribution in [0.15, 0.2) is 48.5 Å². The van der Waals surface area contributed by atoms with Gasteiger partial charge in [0.05, 0.1) is 0 Å². The Labute approximate surface area is 132 Å². The number of aliphatic hydroxyl groups is 2. The third-order valence-corrected chi connectivity index (χ3v) is 5.51. The number of epoxide rings is 1. The highest BCUT2D eigenvalue weighted by atomic mass is 16.6. The number of ether oxygens (including phenoxy) is 1. The lowest BCUT2D eigenvalue weighted by Gasteiger charge is -2.26. The van der Waals surface area contributed by atoms with Crippen LogP contribution in [0.1, 0.15) is 23.3 Å². The van der Waals surface area contributed by atoms with Crippen molar-refractivity contribution < 1.29 is 14.9 Å². The molecule has 0 saturated carbocycles. The maximum atomic E-state index is 10.6. The summed E-state index contributed by atoms with van der Waals surface area (Å²) in [7, 11) is 0. The fourth-order valence-corrected chi connectivity index (χ4v) is 4.40. The Hall–Kier alpha value is -2.20. The third-order valence-electron chi connectivity index (χ3n) is 5.51. The number of fused-ring (bicyclic) bond motifs is 4. The van der Waals surface area contributed by atoms with Crippen LogP contribution in [0, 0.1) is 0 Å². The molecular weight excluding hydrogens is 288 g/mol. The summed E-state index contributed by atoms with van der Waals surface area (Å²) >= 11 is 0. The number of hydrogen-bond acceptors (Lipinski definition) is 3. The van der Waals surface area contributed by atoms with Gasteiger partial charge in [-0.05, 0) is 49.5 Å². The smallest absolute Gasteiger partial charge is 0.118 e. The van der Waals surface area contributed by atoms with Crippen molar-refractivity contribution >= 4 is 32.3 Å². The molecule has 6 rings (SSSR count). The largest absolute Gasteiger partial charge is 0.387 e. The Morgan fingerprint density at radius 1 is 0.826 bits per heavy atom. The first kappa shape index (κ1) is 12.3. The van der Waals surface area contributed by atoms with E-state index in [2.05, 4.69) is 48.5 Å². The van der Waals surface area contributed by atoms with Gasteiger partial charge in [-0.2, -0.15) is 0 Å². The van der Waals surface area contributed by atoms with Gasteiger partial charge in [0, 0.05) is 0 Å². The number of aliphatic hydroxyl groups excluding tert-OH is 2. The summed E-state index contributed by atoms with van der Waals surface area (Å²) in [5, 5.41) is 27.9. The lowest BCUT2D eigenvalue weighted by Crippen LogP contribution is -2.29. The molecule has 4 atom stereocenters. The van der Waals surface area contributed by atoms with Gasteiger partial charge >= 0.3 is 0 Å². The third kappa shape index (κ3) is 1.36. The van der Waals surface area contributed by atoms with Crippen molar-refractivity contribution in [3.05, 3.63) is 59.7 Å². The maximum Gasteiger partial charge on any atom is 0.118 e. The van der Waals surface area contributed by atoms with E-state index < -0.39 is 12.2 Å². The predicted octanol–water partition coefficient (Wildman–Crippen LogP) is 3.43. The molecule has 1 aliphatic carbocycles. The predicted molar refractivity (Wildman–Crippen MR) is 88.7 cm³/mol. The second-order valence-corrected chi connectivity index (χ2v) is 6.69. The summed E-state index contributed by atoms with van der Waals surface area (Å²) in [5.74, 6) is 0. The topological polar surface area (TPSA) is 53.0 Å². The lowest BCUT2D eigenvalue weighted by molar-refractivity contribution is 0.000843. The minimum Gasteiger partial charge on any atom is -0.387 e. The molecule has 23 heavy (non-hydrogen) atoms. The molecule has 2 unspecified atom stereocenters. The minimum absolute atomic E-state index is 0.0784. The summed E-state index contributed by atoms with van der Waals surface area (Å²) in [6.07, 6.45) is -2.07. The zero-order valence-electron chi connectivity index (χ0n) is 12.2. The minimum atomic E-state index is -0.890. The van der Waals surface area contributed by atoms with Gasteiger partial charge in [-0.25, -0.2) is 0 Å². The second-order valence-electron chi connectivity index (χ2n) is 6.69. The van der Waals surface area contributed by atoms with E-state index in [9.17, 15) is 10.2 Å². The Morgan fingerprint density at radius 3 is 2.39 bits per heavy atom. The van der Waals surface area contributed by atoms with E-state index in [0.29, 0.717) is 0 Å². The Bertz CT molecular complexity index is 1080. The SMILES string of the molecule is OC1c2c(cc3ccc4cccc5ccc2c3c45)C2O[C@H]2[C@H]1O. The molecule has 3 nitrogen and oxygen atoms in total. The van der Waals surface area contributed by atoms with E-state index in [1.807, 2.05) is 0 Å². The fraction of sp³-hybridized carbons (Fsp3) is 0.200. The molecule has 2 N–H and O–H groups in total. The van der Waals surface area contributed by atoms with Crippen molar-refractivity contribution in [3.8, 4) is 0 Å². The van der Waals surface area contributed by atoms with Gasteiger partial charge in [-0.15, -0.1) is 0 Å². The molecule has 4 aromatic carbocycles. The van der Waals surface area contributed by atoms with Crippen molar-refractivity contribution in [1.29, 1.82) is 0 Å². The monoisotopic (exact) mass is 302 g/mol. The van der Waals surface area contributed by atoms with E-state index in [1.54, 1.807) is 0 Å². The summed E-state index contributed by atoms with van der Waals surface area (Å²) in [6.45, 7) is 0. The van der Waals surface area contributed by atoms with Gasteiger partial charge in [0.2, 0.25) is 0 Å². The van der Waals surface area contributed by atoms with Gasteiger partial charge in [-0.3, -0.25) is 0 Å². The van der Waals surface area contributed by atoms with Crippen LogP contribution in [0.25, 0.3) is 32.3 Å². The summed E-state index contributed by atoms with van der Waals surface area (Å²) in [4.78, 5) is 0. The van der Waals surface area contributed by atoms with Gasteiger partial charge in [0.15, 0.2) is 0 Å². The van der Waals surface area contributed by atoms with Crippen molar-refractivity contribution in [1.82, 2.24) is 0 Å². The lowest BCUT2D eigenvalue weighted by atomic mass is 9.81. The molecule has 0 radical (unpaired) electrons. The zero-order valence-corrected chi connectivity index (χ0v) is 12.2. The Balaban J connectivity index is 1.86. The van der Waals surface area contributed by atoms with Crippen LogP contribution < -0.4 is 0 Å². The molecule has 1 saturated heterocycles. The highest BCUT2D eigenvalue weighted by Crippen LogP contribution is 2.53. The average molecular weight is 302 g/mol. The first-order chi connectivity index (χ1) is 11.2. The van der Waals surface area contributed by atoms with Crippen molar-refractivity contribution in [2.24, 2.45) is 0 Å². The molecule has 4 aromatic rings. The van der Waals surface area contributed by atoms with Crippen LogP contribution in [-0.4, -0.2) is 22.4 Å². The Kier molecular flexibility index (Phi) is 2.03. The van der Waals surface area contributed by atoms with Gasteiger partial charge in [-0.1, -0.05) is 42.5 Å². The average Bonchev–Trinajstić information content (AvgIpc) is 3.38. The maximum absolute atomic E-state index is 10.6. The molecule has 0 bridgehead atoms. The van der Waals surface area contributed by atoms with E-state index in [0.717, 1.165) is 16.5 Å². The van der Waals surface area contributed by atoms with E-state index >= 15 is 0 Å². The highest BCUT2D eigenvalue weighted by molar-refractivity contribution is 6.23. The molecular formula is C20H14O3. The van der Waals surface area contributed by atoms with Crippen LogP contribution in [0.4, 0.5) is 0 Å². The van der Waals surface area contributed by atoms with Crippen LogP contribution >= 0.6 is 0 Å². The van der Waals surface area contributed by atoms with E-state index in [-0.39, 0.29) is 12.2 Å². The molecule has 1 heterocycles. The van der Waals surface area contributed by atoms with Crippen LogP contribution in [-0.2, 0) is 4.74 Å². The van der Waals surface area contributed by atoms with Gasteiger partial charge in [0.1, 0.15) is 24.4 Å². The van der Waals surface area contributed by atoms with Crippen molar-refractivity contribution in [2.75, 3.05) is 0 Å². The summed E-state index contributed by atoms with van der Waals surface area (Å²) in [5.41, 5.74) is 1.86. The molecule has 0 aromatic heterocycles. The Morgan fingerprint density at radius 2 is 1.57 bits per heavy atom. The van der Waals surface area contributed by atoms with Crippen LogP contribution in [0.5, 0.6) is 0 Å². The van der Waals surface area contributed by atoms with Crippen molar-refractivity contribution in [2.45, 2.75) is 24.4 Å². The zero-order chi connectivity index (χ0) is 15.3. The van der Waals surface area contributed by atoms with Crippen molar-refractivity contribution in [3.63, 3.8) is 0 Å². The highest BCUT2D eigenvalue weighted by Gasteiger charge is 2.54. The number of rotatable bonds is 0. The van der Waals surface area contributed by atoms with Crippen LogP contribution in [0.2, 0.25) is 0 Å². The van der Waals surface area contributed by atoms with E-state index in [1.165, 1.54) is 26.9 Å². The summed E-state index contributed by atoms with van der Waals surface area (Å²) < 4.78 is 5.60. The molecule has 112 valence electrons.